The highest BCUT2D eigenvalue weighted by Gasteiger charge is 2.44. The lowest BCUT2D eigenvalue weighted by Gasteiger charge is -2.31. The van der Waals surface area contributed by atoms with Gasteiger partial charge in [0.25, 0.3) is 5.92 Å². The maximum Gasteiger partial charge on any atom is 0.303 e. The number of Topliss-reactive ketones (excluding diaryl/α,β-unsaturated/α-hetero) is 1. The third kappa shape index (κ3) is 7.06. The minimum atomic E-state index is -2.50. The molecule has 0 radical (unpaired) electrons. The van der Waals surface area contributed by atoms with Gasteiger partial charge in [-0.2, -0.15) is 0 Å². The highest BCUT2D eigenvalue weighted by Crippen LogP contribution is 2.41. The monoisotopic (exact) mass is 491 g/mol. The Hall–Kier alpha value is -2.39. The van der Waals surface area contributed by atoms with Crippen molar-refractivity contribution in [3.05, 3.63) is 34.5 Å². The molecule has 0 saturated heterocycles. The van der Waals surface area contributed by atoms with Gasteiger partial charge in [-0.05, 0) is 43.9 Å². The summed E-state index contributed by atoms with van der Waals surface area (Å²) >= 11 is 6.20. The Kier molecular flexibility index (Phi) is 9.13. The van der Waals surface area contributed by atoms with Crippen LogP contribution >= 0.6 is 11.6 Å². The van der Waals surface area contributed by atoms with Crippen molar-refractivity contribution in [3.63, 3.8) is 0 Å². The molecule has 184 valence electrons. The van der Waals surface area contributed by atoms with E-state index >= 15 is 0 Å². The van der Waals surface area contributed by atoms with Gasteiger partial charge in [0.2, 0.25) is 0 Å². The van der Waals surface area contributed by atoms with Gasteiger partial charge in [0.15, 0.2) is 5.78 Å². The predicted molar refractivity (Wildman–Crippen MR) is 131 cm³/mol. The number of carbonyl (C=O) groups excluding carboxylic acids is 1. The molecule has 0 spiro atoms. The molecule has 1 aromatic carbocycles. The maximum absolute atomic E-state index is 13.0. The topological polar surface area (TPSA) is 59.3 Å². The first kappa shape index (κ1) is 26.2. The Morgan fingerprint density at radius 1 is 1.12 bits per heavy atom. The number of unbranched alkanes of at least 4 members (excludes halogenated alkanes) is 5. The normalized spacial score (nSPS) is 15.1. The van der Waals surface area contributed by atoms with E-state index in [0.717, 1.165) is 61.5 Å². The largest absolute Gasteiger partial charge is 0.481 e. The van der Waals surface area contributed by atoms with Gasteiger partial charge in [-0.3, -0.25) is 9.59 Å². The molecule has 1 N–H and O–H groups in total. The van der Waals surface area contributed by atoms with Crippen molar-refractivity contribution in [1.82, 2.24) is 4.57 Å². The number of fused-ring (bicyclic) bond motifs is 1. The molecule has 0 aliphatic heterocycles. The zero-order chi connectivity index (χ0) is 24.7. The number of halogens is 3. The van der Waals surface area contributed by atoms with Crippen LogP contribution in [0.4, 0.5) is 8.78 Å². The molecular weight excluding hydrogens is 460 g/mol. The van der Waals surface area contributed by atoms with E-state index in [1.54, 1.807) is 0 Å². The molecule has 3 rings (SSSR count). The van der Waals surface area contributed by atoms with E-state index < -0.39 is 11.9 Å². The average Bonchev–Trinajstić information content (AvgIpc) is 3.01. The van der Waals surface area contributed by atoms with Gasteiger partial charge in [0.1, 0.15) is 0 Å². The van der Waals surface area contributed by atoms with E-state index in [-0.39, 0.29) is 37.4 Å². The van der Waals surface area contributed by atoms with Gasteiger partial charge >= 0.3 is 5.97 Å². The van der Waals surface area contributed by atoms with Crippen molar-refractivity contribution in [2.45, 2.75) is 83.0 Å². The van der Waals surface area contributed by atoms with Gasteiger partial charge in [0, 0.05) is 72.3 Å². The number of ketones is 1. The lowest BCUT2D eigenvalue weighted by Crippen LogP contribution is -2.34. The molecule has 1 aromatic heterocycles. The van der Waals surface area contributed by atoms with Crippen LogP contribution in [-0.2, 0) is 18.3 Å². The lowest BCUT2D eigenvalue weighted by atomic mass is 9.82. The summed E-state index contributed by atoms with van der Waals surface area (Å²) < 4.78 is 27.7. The number of benzene rings is 1. The summed E-state index contributed by atoms with van der Waals surface area (Å²) in [5, 5.41) is 10.3. The van der Waals surface area contributed by atoms with Crippen LogP contribution in [0.2, 0.25) is 5.02 Å². The van der Waals surface area contributed by atoms with E-state index in [4.69, 9.17) is 16.7 Å². The van der Waals surface area contributed by atoms with E-state index in [9.17, 15) is 18.4 Å². The van der Waals surface area contributed by atoms with E-state index in [1.165, 1.54) is 0 Å². The Labute approximate surface area is 204 Å². The molecule has 1 heterocycles. The van der Waals surface area contributed by atoms with E-state index in [1.807, 2.05) is 25.2 Å². The SMILES string of the molecule is Cn1c(CCCCCCCC#CC2CC(F)(F)C2)c(C(=O)CCCC(=O)O)c2cc(Cl)ccc21. The standard InChI is InChI=1S/C27H32ClF2NO3/c1-31-22-15-14-20(28)16-21(22)26(24(32)12-9-13-25(33)34)23(31)11-8-6-4-2-3-5-7-10-19-17-27(29,30)18-19/h14-16,19H,2-6,8-9,11-13,17-18H2,1H3,(H,33,34). The van der Waals surface area contributed by atoms with Crippen molar-refractivity contribution in [1.29, 1.82) is 0 Å². The average molecular weight is 492 g/mol. The van der Waals surface area contributed by atoms with E-state index in [0.29, 0.717) is 17.0 Å². The van der Waals surface area contributed by atoms with Crippen molar-refractivity contribution in [2.75, 3.05) is 0 Å². The Morgan fingerprint density at radius 3 is 2.53 bits per heavy atom. The summed E-state index contributed by atoms with van der Waals surface area (Å²) in [6, 6.07) is 5.54. The highest BCUT2D eigenvalue weighted by atomic mass is 35.5. The molecule has 1 fully saturated rings. The van der Waals surface area contributed by atoms with Gasteiger partial charge < -0.3 is 9.67 Å². The number of carboxylic acids is 1. The lowest BCUT2D eigenvalue weighted by molar-refractivity contribution is -0.137. The molecule has 0 unspecified atom stereocenters. The van der Waals surface area contributed by atoms with Crippen LogP contribution in [0.1, 0.15) is 86.7 Å². The van der Waals surface area contributed by atoms with Crippen LogP contribution in [0.5, 0.6) is 0 Å². The van der Waals surface area contributed by atoms with Gasteiger partial charge in [0.05, 0.1) is 0 Å². The zero-order valence-corrected chi connectivity index (χ0v) is 20.4. The van der Waals surface area contributed by atoms with Gasteiger partial charge in [-0.1, -0.05) is 36.8 Å². The second kappa shape index (κ2) is 11.8. The summed E-state index contributed by atoms with van der Waals surface area (Å²) in [4.78, 5) is 23.9. The number of hydrogen-bond donors (Lipinski definition) is 1. The molecule has 34 heavy (non-hydrogen) atoms. The molecule has 1 aliphatic carbocycles. The van der Waals surface area contributed by atoms with Crippen LogP contribution in [0.3, 0.4) is 0 Å². The highest BCUT2D eigenvalue weighted by molar-refractivity contribution is 6.31. The second-order valence-electron chi connectivity index (χ2n) is 9.26. The summed E-state index contributed by atoms with van der Waals surface area (Å²) in [6.45, 7) is 0. The summed E-state index contributed by atoms with van der Waals surface area (Å²) in [7, 11) is 1.95. The number of rotatable bonds is 12. The van der Waals surface area contributed by atoms with E-state index in [2.05, 4.69) is 16.4 Å². The van der Waals surface area contributed by atoms with Gasteiger partial charge in [-0.15, -0.1) is 5.92 Å². The van der Waals surface area contributed by atoms with Crippen molar-refractivity contribution >= 4 is 34.3 Å². The quantitative estimate of drug-likeness (QED) is 0.194. The first-order valence-electron chi connectivity index (χ1n) is 12.1. The molecule has 0 bridgehead atoms. The molecule has 0 amide bonds. The molecule has 0 atom stereocenters. The summed E-state index contributed by atoms with van der Waals surface area (Å²) in [6.07, 6.45) is 6.85. The van der Waals surface area contributed by atoms with Crippen LogP contribution in [0.25, 0.3) is 10.9 Å². The molecular formula is C27H32ClF2NO3. The molecule has 1 saturated carbocycles. The fourth-order valence-electron chi connectivity index (χ4n) is 4.61. The fourth-order valence-corrected chi connectivity index (χ4v) is 4.79. The number of carboxylic acid groups (broad SMARTS) is 1. The minimum absolute atomic E-state index is 0.0237. The Morgan fingerprint density at radius 2 is 1.82 bits per heavy atom. The van der Waals surface area contributed by atoms with Gasteiger partial charge in [-0.25, -0.2) is 8.78 Å². The Bertz CT molecular complexity index is 1090. The summed E-state index contributed by atoms with van der Waals surface area (Å²) in [5.74, 6) is 2.42. The number of nitrogens with zero attached hydrogens (tertiary/aromatic N) is 1. The number of aliphatic carboxylic acids is 1. The van der Waals surface area contributed by atoms with Crippen LogP contribution in [0, 0.1) is 17.8 Å². The van der Waals surface area contributed by atoms with Crippen molar-refractivity contribution in [3.8, 4) is 11.8 Å². The first-order chi connectivity index (χ1) is 16.2. The Balaban J connectivity index is 1.50. The number of carbonyl (C=O) groups is 2. The van der Waals surface area contributed by atoms with Crippen LogP contribution < -0.4 is 0 Å². The number of alkyl halides is 2. The fraction of sp³-hybridized carbons (Fsp3) is 0.556. The minimum Gasteiger partial charge on any atom is -0.481 e. The maximum atomic E-state index is 13.0. The molecule has 1 aliphatic rings. The first-order valence-corrected chi connectivity index (χ1v) is 12.4. The zero-order valence-electron chi connectivity index (χ0n) is 19.6. The summed E-state index contributed by atoms with van der Waals surface area (Å²) in [5.41, 5.74) is 2.59. The van der Waals surface area contributed by atoms with Crippen molar-refractivity contribution in [2.24, 2.45) is 13.0 Å². The number of hydrogen-bond acceptors (Lipinski definition) is 2. The second-order valence-corrected chi connectivity index (χ2v) is 9.70. The van der Waals surface area contributed by atoms with Crippen LogP contribution in [-0.4, -0.2) is 27.3 Å². The third-order valence-electron chi connectivity index (χ3n) is 6.47. The van der Waals surface area contributed by atoms with Crippen LogP contribution in [0.15, 0.2) is 18.2 Å². The third-order valence-corrected chi connectivity index (χ3v) is 6.70. The molecule has 4 nitrogen and oxygen atoms in total. The van der Waals surface area contributed by atoms with Crippen molar-refractivity contribution < 1.29 is 23.5 Å². The number of aryl methyl sites for hydroxylation is 1. The molecule has 7 heteroatoms. The molecule has 2 aromatic rings. The predicted octanol–water partition coefficient (Wildman–Crippen LogP) is 7.20. The number of aromatic nitrogens is 1. The smallest absolute Gasteiger partial charge is 0.303 e.